The van der Waals surface area contributed by atoms with Gasteiger partial charge in [-0.05, 0) is 36.7 Å². The maximum Gasteiger partial charge on any atom is 0.278 e. The standard InChI is InChI=1S/C15H19N3O/c1-15(2,11-3-4-11)6-10-18-9-5-12-13(14(18)19)17-8-7-16-12/h5,7-9,11H,3-4,6,10H2,1-2H3. The van der Waals surface area contributed by atoms with Crippen LogP contribution in [0.3, 0.4) is 0 Å². The summed E-state index contributed by atoms with van der Waals surface area (Å²) < 4.78 is 1.77. The Labute approximate surface area is 112 Å². The molecule has 2 aromatic rings. The van der Waals surface area contributed by atoms with Crippen molar-refractivity contribution in [1.29, 1.82) is 0 Å². The van der Waals surface area contributed by atoms with Gasteiger partial charge in [0.15, 0.2) is 5.52 Å². The lowest BCUT2D eigenvalue weighted by Crippen LogP contribution is -2.24. The van der Waals surface area contributed by atoms with E-state index in [9.17, 15) is 4.79 Å². The molecule has 0 unspecified atom stereocenters. The van der Waals surface area contributed by atoms with Crippen molar-refractivity contribution in [2.24, 2.45) is 11.3 Å². The van der Waals surface area contributed by atoms with Crippen LogP contribution < -0.4 is 5.56 Å². The molecule has 1 aliphatic carbocycles. The van der Waals surface area contributed by atoms with Gasteiger partial charge in [-0.1, -0.05) is 13.8 Å². The van der Waals surface area contributed by atoms with Crippen molar-refractivity contribution in [2.75, 3.05) is 0 Å². The number of fused-ring (bicyclic) bond motifs is 1. The van der Waals surface area contributed by atoms with E-state index < -0.39 is 0 Å². The molecule has 0 aromatic carbocycles. The first-order valence-electron chi connectivity index (χ1n) is 6.88. The zero-order valence-electron chi connectivity index (χ0n) is 11.5. The minimum atomic E-state index is -0.0304. The number of hydrogen-bond acceptors (Lipinski definition) is 3. The average Bonchev–Trinajstić information content (AvgIpc) is 3.23. The number of nitrogens with zero attached hydrogens (tertiary/aromatic N) is 3. The Hall–Kier alpha value is -1.71. The predicted octanol–water partition coefficient (Wildman–Crippen LogP) is 2.62. The highest BCUT2D eigenvalue weighted by atomic mass is 16.1. The van der Waals surface area contributed by atoms with Gasteiger partial charge in [-0.2, -0.15) is 0 Å². The first-order valence-corrected chi connectivity index (χ1v) is 6.88. The normalized spacial score (nSPS) is 15.9. The molecule has 2 aromatic heterocycles. The van der Waals surface area contributed by atoms with E-state index in [1.165, 1.54) is 12.8 Å². The van der Waals surface area contributed by atoms with Crippen LogP contribution in [0.15, 0.2) is 29.5 Å². The Balaban J connectivity index is 1.85. The molecule has 100 valence electrons. The van der Waals surface area contributed by atoms with Gasteiger partial charge in [0.25, 0.3) is 5.56 Å². The molecular weight excluding hydrogens is 238 g/mol. The lowest BCUT2D eigenvalue weighted by molar-refractivity contribution is 0.265. The maximum atomic E-state index is 12.3. The molecule has 19 heavy (non-hydrogen) atoms. The van der Waals surface area contributed by atoms with Gasteiger partial charge < -0.3 is 4.57 Å². The molecule has 4 heteroatoms. The van der Waals surface area contributed by atoms with Crippen molar-refractivity contribution in [2.45, 2.75) is 39.7 Å². The van der Waals surface area contributed by atoms with Gasteiger partial charge in [-0.25, -0.2) is 4.98 Å². The van der Waals surface area contributed by atoms with Gasteiger partial charge in [-0.3, -0.25) is 9.78 Å². The first-order chi connectivity index (χ1) is 9.08. The highest BCUT2D eigenvalue weighted by Crippen LogP contribution is 2.47. The summed E-state index contributed by atoms with van der Waals surface area (Å²) in [6.07, 6.45) is 8.73. The molecule has 0 amide bonds. The summed E-state index contributed by atoms with van der Waals surface area (Å²) in [5, 5.41) is 0. The topological polar surface area (TPSA) is 47.8 Å². The van der Waals surface area contributed by atoms with E-state index in [1.807, 2.05) is 12.3 Å². The minimum Gasteiger partial charge on any atom is -0.314 e. The summed E-state index contributed by atoms with van der Waals surface area (Å²) in [5.41, 5.74) is 1.44. The fraction of sp³-hybridized carbons (Fsp3) is 0.533. The van der Waals surface area contributed by atoms with Gasteiger partial charge in [-0.15, -0.1) is 0 Å². The molecule has 3 rings (SSSR count). The van der Waals surface area contributed by atoms with E-state index in [4.69, 9.17) is 0 Å². The van der Waals surface area contributed by atoms with E-state index in [0.717, 1.165) is 18.9 Å². The maximum absolute atomic E-state index is 12.3. The van der Waals surface area contributed by atoms with E-state index in [1.54, 1.807) is 17.0 Å². The Morgan fingerprint density at radius 3 is 2.79 bits per heavy atom. The molecule has 2 heterocycles. The highest BCUT2D eigenvalue weighted by molar-refractivity contribution is 5.71. The van der Waals surface area contributed by atoms with Crippen LogP contribution in [0.5, 0.6) is 0 Å². The summed E-state index contributed by atoms with van der Waals surface area (Å²) in [6, 6.07) is 1.87. The van der Waals surface area contributed by atoms with Crippen molar-refractivity contribution in [3.8, 4) is 0 Å². The highest BCUT2D eigenvalue weighted by Gasteiger charge is 2.37. The minimum absolute atomic E-state index is 0.0304. The molecule has 1 saturated carbocycles. The fourth-order valence-corrected chi connectivity index (χ4v) is 2.65. The first kappa shape index (κ1) is 12.3. The van der Waals surface area contributed by atoms with Gasteiger partial charge in [0, 0.05) is 25.1 Å². The third kappa shape index (κ3) is 2.39. The van der Waals surface area contributed by atoms with Gasteiger partial charge in [0.2, 0.25) is 0 Å². The van der Waals surface area contributed by atoms with Crippen LogP contribution in [0.25, 0.3) is 11.0 Å². The summed E-state index contributed by atoms with van der Waals surface area (Å²) in [5.74, 6) is 0.837. The Morgan fingerprint density at radius 2 is 2.05 bits per heavy atom. The van der Waals surface area contributed by atoms with Crippen molar-refractivity contribution >= 4 is 11.0 Å². The van der Waals surface area contributed by atoms with Gasteiger partial charge >= 0.3 is 0 Å². The van der Waals surface area contributed by atoms with Crippen LogP contribution in [0, 0.1) is 11.3 Å². The molecule has 4 nitrogen and oxygen atoms in total. The van der Waals surface area contributed by atoms with Crippen LogP contribution >= 0.6 is 0 Å². The molecule has 1 aliphatic rings. The van der Waals surface area contributed by atoms with Crippen LogP contribution in [0.1, 0.15) is 33.1 Å². The lowest BCUT2D eigenvalue weighted by atomic mass is 9.84. The molecule has 0 N–H and O–H groups in total. The molecule has 0 spiro atoms. The third-order valence-electron chi connectivity index (χ3n) is 4.28. The zero-order valence-corrected chi connectivity index (χ0v) is 11.5. The van der Waals surface area contributed by atoms with Crippen LogP contribution in [0.2, 0.25) is 0 Å². The van der Waals surface area contributed by atoms with Crippen molar-refractivity contribution < 1.29 is 0 Å². The van der Waals surface area contributed by atoms with E-state index in [-0.39, 0.29) is 5.56 Å². The second-order valence-corrected chi connectivity index (χ2v) is 6.12. The van der Waals surface area contributed by atoms with Crippen LogP contribution in [-0.4, -0.2) is 14.5 Å². The number of rotatable bonds is 4. The van der Waals surface area contributed by atoms with Crippen molar-refractivity contribution in [3.05, 3.63) is 35.0 Å². The lowest BCUT2D eigenvalue weighted by Gasteiger charge is -2.24. The molecular formula is C15H19N3O. The Bertz CT molecular complexity index is 656. The average molecular weight is 257 g/mol. The second-order valence-electron chi connectivity index (χ2n) is 6.12. The predicted molar refractivity (Wildman–Crippen MR) is 74.9 cm³/mol. The van der Waals surface area contributed by atoms with Crippen molar-refractivity contribution in [1.82, 2.24) is 14.5 Å². The van der Waals surface area contributed by atoms with Crippen LogP contribution in [0.4, 0.5) is 0 Å². The quantitative estimate of drug-likeness (QED) is 0.846. The summed E-state index contributed by atoms with van der Waals surface area (Å²) >= 11 is 0. The Kier molecular flexibility index (Phi) is 2.88. The van der Waals surface area contributed by atoms with Crippen LogP contribution in [-0.2, 0) is 6.54 Å². The molecule has 0 radical (unpaired) electrons. The number of aromatic nitrogens is 3. The fourth-order valence-electron chi connectivity index (χ4n) is 2.65. The summed E-state index contributed by atoms with van der Waals surface area (Å²) in [7, 11) is 0. The Morgan fingerprint density at radius 1 is 1.32 bits per heavy atom. The van der Waals surface area contributed by atoms with E-state index in [2.05, 4.69) is 23.8 Å². The molecule has 1 fully saturated rings. The largest absolute Gasteiger partial charge is 0.314 e. The molecule has 0 bridgehead atoms. The molecule has 0 aliphatic heterocycles. The monoisotopic (exact) mass is 257 g/mol. The third-order valence-corrected chi connectivity index (χ3v) is 4.28. The van der Waals surface area contributed by atoms with Gasteiger partial charge in [0.1, 0.15) is 0 Å². The molecule has 0 saturated heterocycles. The number of pyridine rings is 1. The molecule has 0 atom stereocenters. The number of aryl methyl sites for hydroxylation is 1. The smallest absolute Gasteiger partial charge is 0.278 e. The summed E-state index contributed by atoms with van der Waals surface area (Å²) in [4.78, 5) is 20.6. The number of hydrogen-bond donors (Lipinski definition) is 0. The summed E-state index contributed by atoms with van der Waals surface area (Å²) in [6.45, 7) is 5.36. The van der Waals surface area contributed by atoms with E-state index in [0.29, 0.717) is 16.4 Å². The van der Waals surface area contributed by atoms with Gasteiger partial charge in [0.05, 0.1) is 5.52 Å². The SMILES string of the molecule is CC(C)(CCn1ccc2nccnc2c1=O)C1CC1. The zero-order chi connectivity index (χ0) is 13.5. The second kappa shape index (κ2) is 4.44. The van der Waals surface area contributed by atoms with E-state index >= 15 is 0 Å². The van der Waals surface area contributed by atoms with Crippen molar-refractivity contribution in [3.63, 3.8) is 0 Å².